The van der Waals surface area contributed by atoms with Gasteiger partial charge >= 0.3 is 0 Å². The van der Waals surface area contributed by atoms with E-state index >= 15 is 0 Å². The molecule has 0 aromatic heterocycles. The predicted molar refractivity (Wildman–Crippen MR) is 63.5 cm³/mol. The third-order valence-corrected chi connectivity index (χ3v) is 5.34. The molecule has 90 valence electrons. The third-order valence-electron chi connectivity index (χ3n) is 3.55. The van der Waals surface area contributed by atoms with Gasteiger partial charge in [-0.3, -0.25) is 0 Å². The van der Waals surface area contributed by atoms with E-state index in [0.717, 1.165) is 32.1 Å². The molecule has 1 saturated carbocycles. The van der Waals surface area contributed by atoms with E-state index in [0.29, 0.717) is 17.2 Å². The molecule has 0 aromatic rings. The Morgan fingerprint density at radius 3 is 2.60 bits per heavy atom. The summed E-state index contributed by atoms with van der Waals surface area (Å²) in [4.78, 5) is 0. The summed E-state index contributed by atoms with van der Waals surface area (Å²) in [7, 11) is -2.78. The van der Waals surface area contributed by atoms with Crippen molar-refractivity contribution in [3.8, 4) is 0 Å². The second kappa shape index (κ2) is 4.83. The summed E-state index contributed by atoms with van der Waals surface area (Å²) in [6.45, 7) is 3.95. The van der Waals surface area contributed by atoms with E-state index < -0.39 is 9.84 Å². The molecule has 15 heavy (non-hydrogen) atoms. The first kappa shape index (κ1) is 13.0. The molecule has 1 aliphatic carbocycles. The normalized spacial score (nSPS) is 32.1. The van der Waals surface area contributed by atoms with E-state index in [4.69, 9.17) is 5.73 Å². The lowest BCUT2D eigenvalue weighted by Gasteiger charge is -2.23. The van der Waals surface area contributed by atoms with Gasteiger partial charge in [-0.25, -0.2) is 8.42 Å². The monoisotopic (exact) mass is 233 g/mol. The van der Waals surface area contributed by atoms with Gasteiger partial charge in [0.1, 0.15) is 9.84 Å². The number of hydrogen-bond acceptors (Lipinski definition) is 3. The summed E-state index contributed by atoms with van der Waals surface area (Å²) >= 11 is 0. The molecule has 1 fully saturated rings. The van der Waals surface area contributed by atoms with Gasteiger partial charge in [-0.2, -0.15) is 0 Å². The van der Waals surface area contributed by atoms with Crippen LogP contribution >= 0.6 is 0 Å². The Hall–Kier alpha value is -0.0900. The smallest absolute Gasteiger partial charge is 0.150 e. The topological polar surface area (TPSA) is 60.2 Å². The van der Waals surface area contributed by atoms with Crippen LogP contribution in [0.5, 0.6) is 0 Å². The zero-order valence-electron chi connectivity index (χ0n) is 9.83. The van der Waals surface area contributed by atoms with Crippen LogP contribution in [0.15, 0.2) is 0 Å². The van der Waals surface area contributed by atoms with Crippen LogP contribution < -0.4 is 5.73 Å². The minimum Gasteiger partial charge on any atom is -0.328 e. The fraction of sp³-hybridized carbons (Fsp3) is 1.00. The average Bonchev–Trinajstić information content (AvgIpc) is 2.46. The zero-order chi connectivity index (χ0) is 11.5. The van der Waals surface area contributed by atoms with Gasteiger partial charge in [-0.05, 0) is 37.5 Å². The quantitative estimate of drug-likeness (QED) is 0.786. The first-order chi connectivity index (χ1) is 6.87. The fourth-order valence-corrected chi connectivity index (χ4v) is 3.33. The molecule has 0 amide bonds. The molecule has 4 heteroatoms. The molecule has 0 aliphatic heterocycles. The van der Waals surface area contributed by atoms with Gasteiger partial charge in [0, 0.05) is 11.8 Å². The highest BCUT2D eigenvalue weighted by Crippen LogP contribution is 2.40. The van der Waals surface area contributed by atoms with E-state index in [-0.39, 0.29) is 5.75 Å². The summed E-state index contributed by atoms with van der Waals surface area (Å²) in [5, 5.41) is 0. The Labute approximate surface area is 93.3 Å². The van der Waals surface area contributed by atoms with Crippen LogP contribution in [0.25, 0.3) is 0 Å². The highest BCUT2D eigenvalue weighted by atomic mass is 32.2. The van der Waals surface area contributed by atoms with E-state index in [2.05, 4.69) is 6.92 Å². The Morgan fingerprint density at radius 1 is 1.47 bits per heavy atom. The maximum absolute atomic E-state index is 11.3. The number of rotatable bonds is 5. The molecule has 0 heterocycles. The first-order valence-electron chi connectivity index (χ1n) is 5.83. The highest BCUT2D eigenvalue weighted by Gasteiger charge is 2.32. The van der Waals surface area contributed by atoms with Crippen LogP contribution in [0.3, 0.4) is 0 Å². The van der Waals surface area contributed by atoms with E-state index in [1.165, 1.54) is 0 Å². The molecule has 1 rings (SSSR count). The van der Waals surface area contributed by atoms with Crippen molar-refractivity contribution in [2.75, 3.05) is 11.5 Å². The van der Waals surface area contributed by atoms with Crippen LogP contribution in [0.1, 0.15) is 46.0 Å². The number of sulfone groups is 1. The largest absolute Gasteiger partial charge is 0.328 e. The molecule has 2 N–H and O–H groups in total. The van der Waals surface area contributed by atoms with Gasteiger partial charge in [-0.15, -0.1) is 0 Å². The van der Waals surface area contributed by atoms with Gasteiger partial charge in [0.05, 0.1) is 5.75 Å². The van der Waals surface area contributed by atoms with Gasteiger partial charge < -0.3 is 5.73 Å². The summed E-state index contributed by atoms with van der Waals surface area (Å²) in [5.74, 6) is 0.609. The third kappa shape index (κ3) is 4.11. The molecular formula is C11H23NO2S. The maximum atomic E-state index is 11.3. The average molecular weight is 233 g/mol. The number of nitrogens with two attached hydrogens (primary N) is 1. The maximum Gasteiger partial charge on any atom is 0.150 e. The molecule has 0 saturated heterocycles. The molecular weight excluding hydrogens is 210 g/mol. The second-order valence-electron chi connectivity index (χ2n) is 5.15. The van der Waals surface area contributed by atoms with Crippen molar-refractivity contribution >= 4 is 9.84 Å². The van der Waals surface area contributed by atoms with E-state index in [9.17, 15) is 8.42 Å². The molecule has 1 aliphatic rings. The predicted octanol–water partition coefficient (Wildman–Crippen LogP) is 1.72. The molecule has 0 radical (unpaired) electrons. The summed E-state index contributed by atoms with van der Waals surface area (Å²) < 4.78 is 22.6. The van der Waals surface area contributed by atoms with Gasteiger partial charge in [0.15, 0.2) is 0 Å². The fourth-order valence-electron chi connectivity index (χ4n) is 2.46. The van der Waals surface area contributed by atoms with Crippen LogP contribution in [-0.2, 0) is 9.84 Å². The Morgan fingerprint density at radius 2 is 2.13 bits per heavy atom. The van der Waals surface area contributed by atoms with Crippen LogP contribution in [0.4, 0.5) is 0 Å². The van der Waals surface area contributed by atoms with Gasteiger partial charge in [0.2, 0.25) is 0 Å². The minimum atomic E-state index is -2.78. The lowest BCUT2D eigenvalue weighted by Crippen LogP contribution is -2.20. The molecule has 2 unspecified atom stereocenters. The molecule has 0 bridgehead atoms. The first-order valence-corrected chi connectivity index (χ1v) is 7.65. The highest BCUT2D eigenvalue weighted by molar-refractivity contribution is 7.91. The lowest BCUT2D eigenvalue weighted by atomic mass is 9.84. The van der Waals surface area contributed by atoms with Crippen molar-refractivity contribution < 1.29 is 8.42 Å². The summed E-state index contributed by atoms with van der Waals surface area (Å²) in [6.07, 6.45) is 5.09. The van der Waals surface area contributed by atoms with Crippen molar-refractivity contribution in [2.24, 2.45) is 11.1 Å². The van der Waals surface area contributed by atoms with Crippen LogP contribution in [0.2, 0.25) is 0 Å². The Kier molecular flexibility index (Phi) is 4.18. The zero-order valence-corrected chi connectivity index (χ0v) is 10.6. The van der Waals surface area contributed by atoms with E-state index in [1.807, 2.05) is 0 Å². The van der Waals surface area contributed by atoms with Gasteiger partial charge in [0.25, 0.3) is 0 Å². The standard InChI is InChI=1S/C11H23NO2S/c1-3-15(13,14)8-4-6-11(2)7-5-10(12)9-11/h10H,3-9,12H2,1-2H3. The van der Waals surface area contributed by atoms with Crippen molar-refractivity contribution in [1.82, 2.24) is 0 Å². The summed E-state index contributed by atoms with van der Waals surface area (Å²) in [5.41, 5.74) is 6.17. The molecule has 0 aromatic carbocycles. The number of hydrogen-bond donors (Lipinski definition) is 1. The Bertz CT molecular complexity index is 300. The lowest BCUT2D eigenvalue weighted by molar-refractivity contribution is 0.301. The van der Waals surface area contributed by atoms with Crippen molar-refractivity contribution in [1.29, 1.82) is 0 Å². The van der Waals surface area contributed by atoms with Gasteiger partial charge in [-0.1, -0.05) is 13.8 Å². The molecule has 0 spiro atoms. The summed E-state index contributed by atoms with van der Waals surface area (Å²) in [6, 6.07) is 0.331. The van der Waals surface area contributed by atoms with Crippen molar-refractivity contribution in [3.63, 3.8) is 0 Å². The minimum absolute atomic E-state index is 0.267. The molecule has 3 nitrogen and oxygen atoms in total. The van der Waals surface area contributed by atoms with Crippen LogP contribution in [-0.4, -0.2) is 26.0 Å². The van der Waals surface area contributed by atoms with Crippen LogP contribution in [0, 0.1) is 5.41 Å². The Balaban J connectivity index is 2.32. The van der Waals surface area contributed by atoms with Crippen molar-refractivity contribution in [2.45, 2.75) is 52.0 Å². The van der Waals surface area contributed by atoms with Crippen molar-refractivity contribution in [3.05, 3.63) is 0 Å². The second-order valence-corrected chi connectivity index (χ2v) is 7.63. The SMILES string of the molecule is CCS(=O)(=O)CCCC1(C)CCC(N)C1. The van der Waals surface area contributed by atoms with E-state index in [1.54, 1.807) is 6.92 Å². The molecule has 2 atom stereocenters.